The molecule has 0 amide bonds. The summed E-state index contributed by atoms with van der Waals surface area (Å²) in [4.78, 5) is 0. The van der Waals surface area contributed by atoms with Gasteiger partial charge in [-0.2, -0.15) is 0 Å². The average Bonchev–Trinajstić information content (AvgIpc) is 2.92. The molecule has 2 rings (SSSR count). The van der Waals surface area contributed by atoms with Crippen molar-refractivity contribution >= 4 is 0 Å². The van der Waals surface area contributed by atoms with Gasteiger partial charge in [-0.3, -0.25) is 0 Å². The Morgan fingerprint density at radius 1 is 1.26 bits per heavy atom. The summed E-state index contributed by atoms with van der Waals surface area (Å²) in [6.45, 7) is 8.87. The van der Waals surface area contributed by atoms with Crippen LogP contribution in [0.15, 0.2) is 12.7 Å². The van der Waals surface area contributed by atoms with Gasteiger partial charge in [-0.15, -0.1) is 6.58 Å². The van der Waals surface area contributed by atoms with Gasteiger partial charge in [-0.05, 0) is 33.6 Å². The Labute approximate surface area is 136 Å². The predicted octanol–water partition coefficient (Wildman–Crippen LogP) is -0.295. The van der Waals surface area contributed by atoms with Crippen LogP contribution in [-0.4, -0.2) is 75.0 Å². The number of ether oxygens (including phenoxy) is 3. The molecule has 2 saturated heterocycles. The van der Waals surface area contributed by atoms with Gasteiger partial charge in [0.25, 0.3) is 0 Å². The van der Waals surface area contributed by atoms with E-state index in [9.17, 15) is 20.4 Å². The molecular formula is C16H28O7. The molecule has 0 saturated carbocycles. The van der Waals surface area contributed by atoms with Crippen LogP contribution in [-0.2, 0) is 14.2 Å². The molecule has 0 aromatic carbocycles. The molecule has 0 aromatic rings. The van der Waals surface area contributed by atoms with Gasteiger partial charge in [-0.25, -0.2) is 0 Å². The number of aliphatic hydroxyl groups excluding tert-OH is 4. The summed E-state index contributed by atoms with van der Waals surface area (Å²) in [7, 11) is 0. The lowest BCUT2D eigenvalue weighted by atomic mass is 9.95. The summed E-state index contributed by atoms with van der Waals surface area (Å²) in [5.74, 6) is 0. The molecular weight excluding hydrogens is 304 g/mol. The average molecular weight is 332 g/mol. The highest BCUT2D eigenvalue weighted by Crippen LogP contribution is 2.38. The maximum Gasteiger partial charge on any atom is 0.187 e. The van der Waals surface area contributed by atoms with Crippen molar-refractivity contribution in [3.05, 3.63) is 12.7 Å². The van der Waals surface area contributed by atoms with Gasteiger partial charge < -0.3 is 34.6 Å². The minimum atomic E-state index is -1.45. The van der Waals surface area contributed by atoms with E-state index in [0.717, 1.165) is 12.8 Å². The summed E-state index contributed by atoms with van der Waals surface area (Å²) in [6, 6.07) is 0. The highest BCUT2D eigenvalue weighted by Gasteiger charge is 2.49. The highest BCUT2D eigenvalue weighted by atomic mass is 16.7. The largest absolute Gasteiger partial charge is 0.394 e. The molecule has 2 fully saturated rings. The maximum atomic E-state index is 10.1. The van der Waals surface area contributed by atoms with Crippen molar-refractivity contribution < 1.29 is 34.6 Å². The molecule has 7 atom stereocenters. The molecule has 2 aliphatic rings. The van der Waals surface area contributed by atoms with Crippen molar-refractivity contribution in [2.24, 2.45) is 0 Å². The van der Waals surface area contributed by atoms with Crippen LogP contribution in [0.25, 0.3) is 0 Å². The lowest BCUT2D eigenvalue weighted by molar-refractivity contribution is -0.332. The van der Waals surface area contributed by atoms with Crippen LogP contribution in [0.3, 0.4) is 0 Å². The minimum absolute atomic E-state index is 0.238. The smallest absolute Gasteiger partial charge is 0.187 e. The summed E-state index contributed by atoms with van der Waals surface area (Å²) < 4.78 is 17.2. The Morgan fingerprint density at radius 3 is 2.43 bits per heavy atom. The van der Waals surface area contributed by atoms with E-state index in [4.69, 9.17) is 14.2 Å². The van der Waals surface area contributed by atoms with Crippen LogP contribution in [0.5, 0.6) is 0 Å². The third kappa shape index (κ3) is 3.76. The molecule has 2 heterocycles. The zero-order valence-corrected chi connectivity index (χ0v) is 13.9. The molecule has 7 heteroatoms. The molecule has 7 nitrogen and oxygen atoms in total. The first-order valence-electron chi connectivity index (χ1n) is 7.93. The number of rotatable bonds is 5. The minimum Gasteiger partial charge on any atom is -0.394 e. The van der Waals surface area contributed by atoms with E-state index in [-0.39, 0.29) is 6.10 Å². The van der Waals surface area contributed by atoms with E-state index in [1.165, 1.54) is 0 Å². The monoisotopic (exact) mass is 332 g/mol. The fourth-order valence-corrected chi connectivity index (χ4v) is 3.04. The van der Waals surface area contributed by atoms with Crippen LogP contribution >= 0.6 is 0 Å². The van der Waals surface area contributed by atoms with E-state index < -0.39 is 48.5 Å². The normalized spacial score (nSPS) is 45.2. The van der Waals surface area contributed by atoms with Gasteiger partial charge in [0, 0.05) is 0 Å². The maximum absolute atomic E-state index is 10.1. The Bertz CT molecular complexity index is 425. The first-order chi connectivity index (χ1) is 10.6. The molecule has 0 aromatic heterocycles. The first kappa shape index (κ1) is 18.8. The highest BCUT2D eigenvalue weighted by molar-refractivity contribution is 5.02. The summed E-state index contributed by atoms with van der Waals surface area (Å²) in [5.41, 5.74) is -1.21. The molecule has 0 bridgehead atoms. The van der Waals surface area contributed by atoms with E-state index in [1.54, 1.807) is 6.08 Å². The number of hydrogen-bond acceptors (Lipinski definition) is 7. The molecule has 2 aliphatic heterocycles. The van der Waals surface area contributed by atoms with Crippen molar-refractivity contribution in [1.82, 2.24) is 0 Å². The zero-order valence-electron chi connectivity index (χ0n) is 13.9. The lowest BCUT2D eigenvalue weighted by Gasteiger charge is -2.44. The molecule has 0 spiro atoms. The fraction of sp³-hybridized carbons (Fsp3) is 0.875. The molecule has 23 heavy (non-hydrogen) atoms. The van der Waals surface area contributed by atoms with Crippen molar-refractivity contribution in [2.75, 3.05) is 6.61 Å². The van der Waals surface area contributed by atoms with E-state index >= 15 is 0 Å². The second-order valence-electron chi connectivity index (χ2n) is 7.08. The third-order valence-corrected chi connectivity index (χ3v) is 4.79. The number of hydrogen-bond donors (Lipinski definition) is 4. The third-order valence-electron chi connectivity index (χ3n) is 4.79. The van der Waals surface area contributed by atoms with Gasteiger partial charge in [0.15, 0.2) is 6.29 Å². The standard InChI is InChI=1S/C16H28O7/c1-5-16(4)7-6-10(22-16)15(2,3)23-14-13(20)12(19)11(18)9(8-17)21-14/h5,9-14,17-20H,1,6-8H2,2-4H3/t9-,10-,11-,12+,13-,14+,16-/m1/s1. The van der Waals surface area contributed by atoms with Gasteiger partial charge >= 0.3 is 0 Å². The van der Waals surface area contributed by atoms with Crippen molar-refractivity contribution in [2.45, 2.75) is 81.6 Å². The first-order valence-corrected chi connectivity index (χ1v) is 7.93. The van der Waals surface area contributed by atoms with Crippen molar-refractivity contribution in [3.8, 4) is 0 Å². The van der Waals surface area contributed by atoms with Crippen molar-refractivity contribution in [1.29, 1.82) is 0 Å². The Morgan fingerprint density at radius 2 is 1.91 bits per heavy atom. The second-order valence-corrected chi connectivity index (χ2v) is 7.08. The SMILES string of the molecule is C=C[C@]1(C)CC[C@H](C(C)(C)O[C@@H]2O[C@H](CO)[C@@H](O)[C@H](O)[C@H]2O)O1. The molecule has 0 radical (unpaired) electrons. The molecule has 0 unspecified atom stereocenters. The predicted molar refractivity (Wildman–Crippen MR) is 81.6 cm³/mol. The van der Waals surface area contributed by atoms with Crippen LogP contribution in [0.2, 0.25) is 0 Å². The van der Waals surface area contributed by atoms with E-state index in [1.807, 2.05) is 20.8 Å². The quantitative estimate of drug-likeness (QED) is 0.512. The Kier molecular flexibility index (Phi) is 5.52. The zero-order chi connectivity index (χ0) is 17.4. The Balaban J connectivity index is 2.06. The van der Waals surface area contributed by atoms with E-state index in [0.29, 0.717) is 0 Å². The van der Waals surface area contributed by atoms with Gasteiger partial charge in [0.05, 0.1) is 23.9 Å². The van der Waals surface area contributed by atoms with Crippen LogP contribution in [0.1, 0.15) is 33.6 Å². The number of aliphatic hydroxyl groups is 4. The van der Waals surface area contributed by atoms with Crippen LogP contribution in [0, 0.1) is 0 Å². The lowest BCUT2D eigenvalue weighted by Crippen LogP contribution is -2.61. The van der Waals surface area contributed by atoms with Crippen LogP contribution in [0.4, 0.5) is 0 Å². The van der Waals surface area contributed by atoms with Crippen molar-refractivity contribution in [3.63, 3.8) is 0 Å². The van der Waals surface area contributed by atoms with Gasteiger partial charge in [0.1, 0.15) is 24.4 Å². The van der Waals surface area contributed by atoms with Crippen LogP contribution < -0.4 is 0 Å². The molecule has 134 valence electrons. The molecule has 0 aliphatic carbocycles. The Hall–Kier alpha value is -0.540. The topological polar surface area (TPSA) is 109 Å². The van der Waals surface area contributed by atoms with Gasteiger partial charge in [-0.1, -0.05) is 6.08 Å². The summed E-state index contributed by atoms with van der Waals surface area (Å²) in [5, 5.41) is 38.9. The fourth-order valence-electron chi connectivity index (χ4n) is 3.04. The summed E-state index contributed by atoms with van der Waals surface area (Å²) >= 11 is 0. The molecule has 4 N–H and O–H groups in total. The van der Waals surface area contributed by atoms with Gasteiger partial charge in [0.2, 0.25) is 0 Å². The van der Waals surface area contributed by atoms with E-state index in [2.05, 4.69) is 6.58 Å². The summed E-state index contributed by atoms with van der Waals surface area (Å²) in [6.07, 6.45) is -3.34. The second kappa shape index (κ2) is 6.76.